The first-order chi connectivity index (χ1) is 14.4. The number of carbonyl (C=O) groups excluding carboxylic acids is 2. The highest BCUT2D eigenvalue weighted by atomic mass is 35.5. The second-order valence-electron chi connectivity index (χ2n) is 6.47. The van der Waals surface area contributed by atoms with E-state index in [-0.39, 0.29) is 11.8 Å². The Labute approximate surface area is 184 Å². The van der Waals surface area contributed by atoms with Crippen molar-refractivity contribution in [3.05, 3.63) is 88.2 Å². The summed E-state index contributed by atoms with van der Waals surface area (Å²) < 4.78 is 5.60. The Kier molecular flexibility index (Phi) is 7.27. The minimum atomic E-state index is -0.732. The molecule has 0 bridgehead atoms. The standard InChI is InChI=1S/C22H19Cl2N3O3/c1-14(30-20-11-17(23)10-18(24)12-20)21(28)26-13-15-2-4-16(5-3-15)22(29)27-19-6-8-25-9-7-19/h2-12,14H,13H2,1H3,(H,26,28)(H,25,27,29). The highest BCUT2D eigenvalue weighted by Gasteiger charge is 2.15. The van der Waals surface area contributed by atoms with Crippen LogP contribution in [0.15, 0.2) is 67.0 Å². The first-order valence-corrected chi connectivity index (χ1v) is 9.87. The lowest BCUT2D eigenvalue weighted by Crippen LogP contribution is -2.35. The fourth-order valence-electron chi connectivity index (χ4n) is 2.60. The summed E-state index contributed by atoms with van der Waals surface area (Å²) in [5.41, 5.74) is 2.03. The maximum atomic E-state index is 12.3. The van der Waals surface area contributed by atoms with Crippen molar-refractivity contribution in [1.29, 1.82) is 0 Å². The van der Waals surface area contributed by atoms with Crippen LogP contribution < -0.4 is 15.4 Å². The van der Waals surface area contributed by atoms with Crippen LogP contribution in [0.1, 0.15) is 22.8 Å². The summed E-state index contributed by atoms with van der Waals surface area (Å²) in [4.78, 5) is 28.5. The highest BCUT2D eigenvalue weighted by molar-refractivity contribution is 6.34. The Hall–Kier alpha value is -3.09. The third-order valence-electron chi connectivity index (χ3n) is 4.14. The Bertz CT molecular complexity index is 1010. The maximum Gasteiger partial charge on any atom is 0.261 e. The third kappa shape index (κ3) is 6.20. The molecule has 2 N–H and O–H groups in total. The molecule has 0 saturated carbocycles. The molecule has 1 atom stereocenters. The number of aromatic nitrogens is 1. The lowest BCUT2D eigenvalue weighted by molar-refractivity contribution is -0.127. The molecule has 1 heterocycles. The smallest absolute Gasteiger partial charge is 0.261 e. The van der Waals surface area contributed by atoms with Crippen molar-refractivity contribution >= 4 is 40.7 Å². The molecule has 0 saturated heterocycles. The van der Waals surface area contributed by atoms with E-state index in [1.165, 1.54) is 0 Å². The monoisotopic (exact) mass is 443 g/mol. The largest absolute Gasteiger partial charge is 0.481 e. The quantitative estimate of drug-likeness (QED) is 0.553. The van der Waals surface area contributed by atoms with Gasteiger partial charge in [-0.05, 0) is 55.0 Å². The van der Waals surface area contributed by atoms with Crippen LogP contribution in [-0.2, 0) is 11.3 Å². The molecule has 0 aliphatic carbocycles. The minimum absolute atomic E-state index is 0.223. The van der Waals surface area contributed by atoms with Crippen LogP contribution in [-0.4, -0.2) is 22.9 Å². The Balaban J connectivity index is 1.51. The van der Waals surface area contributed by atoms with Crippen molar-refractivity contribution < 1.29 is 14.3 Å². The third-order valence-corrected chi connectivity index (χ3v) is 4.58. The lowest BCUT2D eigenvalue weighted by atomic mass is 10.1. The molecule has 0 aliphatic rings. The number of nitrogens with zero attached hydrogens (tertiary/aromatic N) is 1. The molecule has 154 valence electrons. The van der Waals surface area contributed by atoms with Crippen molar-refractivity contribution in [2.45, 2.75) is 19.6 Å². The van der Waals surface area contributed by atoms with Gasteiger partial charge in [0.2, 0.25) is 0 Å². The number of ether oxygens (including phenoxy) is 1. The van der Waals surface area contributed by atoms with E-state index in [0.717, 1.165) is 5.56 Å². The van der Waals surface area contributed by atoms with Gasteiger partial charge in [-0.2, -0.15) is 0 Å². The van der Waals surface area contributed by atoms with E-state index in [4.69, 9.17) is 27.9 Å². The zero-order chi connectivity index (χ0) is 21.5. The fraction of sp³-hybridized carbons (Fsp3) is 0.136. The normalized spacial score (nSPS) is 11.4. The highest BCUT2D eigenvalue weighted by Crippen LogP contribution is 2.25. The molecule has 0 radical (unpaired) electrons. The van der Waals surface area contributed by atoms with Crippen LogP contribution in [0.25, 0.3) is 0 Å². The molecule has 30 heavy (non-hydrogen) atoms. The minimum Gasteiger partial charge on any atom is -0.481 e. The molecule has 0 spiro atoms. The zero-order valence-electron chi connectivity index (χ0n) is 16.1. The number of nitrogens with one attached hydrogen (secondary N) is 2. The van der Waals surface area contributed by atoms with Crippen LogP contribution in [0.3, 0.4) is 0 Å². The van der Waals surface area contributed by atoms with Crippen molar-refractivity contribution in [3.8, 4) is 5.75 Å². The Morgan fingerprint density at radius 1 is 1.00 bits per heavy atom. The fourth-order valence-corrected chi connectivity index (χ4v) is 3.11. The van der Waals surface area contributed by atoms with Gasteiger partial charge in [0.05, 0.1) is 0 Å². The average molecular weight is 444 g/mol. The molecule has 6 nitrogen and oxygen atoms in total. The molecule has 0 aliphatic heterocycles. The number of rotatable bonds is 7. The van der Waals surface area contributed by atoms with Gasteiger partial charge in [-0.15, -0.1) is 0 Å². The summed E-state index contributed by atoms with van der Waals surface area (Å²) in [5.74, 6) is -0.0932. The van der Waals surface area contributed by atoms with Gasteiger partial charge < -0.3 is 15.4 Å². The molecule has 2 aromatic carbocycles. The number of amides is 2. The molecule has 2 amide bonds. The number of carbonyl (C=O) groups is 2. The average Bonchev–Trinajstić information content (AvgIpc) is 2.72. The topological polar surface area (TPSA) is 80.3 Å². The van der Waals surface area contributed by atoms with E-state index >= 15 is 0 Å². The van der Waals surface area contributed by atoms with E-state index in [1.54, 1.807) is 73.9 Å². The lowest BCUT2D eigenvalue weighted by Gasteiger charge is -2.15. The second kappa shape index (κ2) is 10.1. The predicted molar refractivity (Wildman–Crippen MR) is 117 cm³/mol. The van der Waals surface area contributed by atoms with Crippen molar-refractivity contribution in [2.24, 2.45) is 0 Å². The van der Waals surface area contributed by atoms with Gasteiger partial charge in [-0.3, -0.25) is 14.6 Å². The number of benzene rings is 2. The molecule has 8 heteroatoms. The van der Waals surface area contributed by atoms with Gasteiger partial charge in [0.15, 0.2) is 6.10 Å². The first-order valence-electron chi connectivity index (χ1n) is 9.11. The van der Waals surface area contributed by atoms with Gasteiger partial charge in [-0.25, -0.2) is 0 Å². The molecule has 3 aromatic rings. The Morgan fingerprint density at radius 2 is 1.63 bits per heavy atom. The van der Waals surface area contributed by atoms with Gasteiger partial charge in [0.1, 0.15) is 5.75 Å². The molecular weight excluding hydrogens is 425 g/mol. The summed E-state index contributed by atoms with van der Waals surface area (Å²) in [6.07, 6.45) is 2.48. The number of halogens is 2. The molecular formula is C22H19Cl2N3O3. The Morgan fingerprint density at radius 3 is 2.27 bits per heavy atom. The van der Waals surface area contributed by atoms with Crippen molar-refractivity contribution in [2.75, 3.05) is 5.32 Å². The van der Waals surface area contributed by atoms with E-state index < -0.39 is 6.10 Å². The maximum absolute atomic E-state index is 12.3. The molecule has 1 unspecified atom stereocenters. The number of hydrogen-bond acceptors (Lipinski definition) is 4. The summed E-state index contributed by atoms with van der Waals surface area (Å²) in [6.45, 7) is 1.94. The van der Waals surface area contributed by atoms with Crippen LogP contribution in [0, 0.1) is 0 Å². The van der Waals surface area contributed by atoms with E-state index in [2.05, 4.69) is 15.6 Å². The summed E-state index contributed by atoms with van der Waals surface area (Å²) >= 11 is 11.9. The van der Waals surface area contributed by atoms with Crippen LogP contribution in [0.2, 0.25) is 10.0 Å². The summed E-state index contributed by atoms with van der Waals surface area (Å²) in [7, 11) is 0. The van der Waals surface area contributed by atoms with Crippen molar-refractivity contribution in [1.82, 2.24) is 10.3 Å². The molecule has 3 rings (SSSR count). The summed E-state index contributed by atoms with van der Waals surface area (Å²) in [5, 5.41) is 6.45. The SMILES string of the molecule is CC(Oc1cc(Cl)cc(Cl)c1)C(=O)NCc1ccc(C(=O)Nc2ccncc2)cc1. The van der Waals surface area contributed by atoms with Gasteiger partial charge in [0.25, 0.3) is 11.8 Å². The van der Waals surface area contributed by atoms with Crippen molar-refractivity contribution in [3.63, 3.8) is 0 Å². The van der Waals surface area contributed by atoms with E-state index in [1.807, 2.05) is 0 Å². The van der Waals surface area contributed by atoms with Crippen LogP contribution >= 0.6 is 23.2 Å². The van der Waals surface area contributed by atoms with Crippen LogP contribution in [0.5, 0.6) is 5.75 Å². The zero-order valence-corrected chi connectivity index (χ0v) is 17.6. The van der Waals surface area contributed by atoms with Gasteiger partial charge >= 0.3 is 0 Å². The second-order valence-corrected chi connectivity index (χ2v) is 7.34. The van der Waals surface area contributed by atoms with Crippen LogP contribution in [0.4, 0.5) is 5.69 Å². The summed E-state index contributed by atoms with van der Waals surface area (Å²) in [6, 6.07) is 15.2. The predicted octanol–water partition coefficient (Wildman–Crippen LogP) is 4.72. The molecule has 1 aromatic heterocycles. The molecule has 0 fully saturated rings. The first kappa shape index (κ1) is 21.6. The van der Waals surface area contributed by atoms with Gasteiger partial charge in [0, 0.05) is 40.2 Å². The number of hydrogen-bond donors (Lipinski definition) is 2. The van der Waals surface area contributed by atoms with E-state index in [9.17, 15) is 9.59 Å². The van der Waals surface area contributed by atoms with Gasteiger partial charge in [-0.1, -0.05) is 35.3 Å². The number of pyridine rings is 1. The number of anilines is 1. The van der Waals surface area contributed by atoms with E-state index in [0.29, 0.717) is 33.6 Å².